The standard InChI is InChI=1S/C26H29FN2O2S/c1-18(25(30)28-16-15-19-7-3-2-4-8-19)24-26(31)29(17-20-11-13-21(27)14-12-20)22-9-5-6-10-23(22)32-24/h5-7,9-14,18,24H,2-4,8,15-17H2,1H3,(H,28,30). The van der Waals surface area contributed by atoms with Crippen molar-refractivity contribution in [2.45, 2.75) is 55.7 Å². The van der Waals surface area contributed by atoms with Gasteiger partial charge in [-0.05, 0) is 61.9 Å². The molecule has 0 radical (unpaired) electrons. The second-order valence-corrected chi connectivity index (χ2v) is 9.68. The summed E-state index contributed by atoms with van der Waals surface area (Å²) in [6.07, 6.45) is 7.91. The van der Waals surface area contributed by atoms with Gasteiger partial charge >= 0.3 is 0 Å². The van der Waals surface area contributed by atoms with Gasteiger partial charge in [0.2, 0.25) is 11.8 Å². The van der Waals surface area contributed by atoms with Gasteiger partial charge in [-0.3, -0.25) is 9.59 Å². The summed E-state index contributed by atoms with van der Waals surface area (Å²) in [4.78, 5) is 29.1. The molecule has 0 saturated heterocycles. The average molecular weight is 453 g/mol. The molecule has 2 aromatic rings. The van der Waals surface area contributed by atoms with E-state index >= 15 is 0 Å². The van der Waals surface area contributed by atoms with Crippen LogP contribution in [0.2, 0.25) is 0 Å². The maximum absolute atomic E-state index is 13.5. The highest BCUT2D eigenvalue weighted by Crippen LogP contribution is 2.42. The van der Waals surface area contributed by atoms with Gasteiger partial charge in [0.05, 0.1) is 18.2 Å². The Hall–Kier alpha value is -2.60. The molecule has 4 nitrogen and oxygen atoms in total. The molecule has 1 N–H and O–H groups in total. The van der Waals surface area contributed by atoms with Crippen molar-refractivity contribution >= 4 is 29.3 Å². The number of thioether (sulfide) groups is 1. The molecule has 168 valence electrons. The van der Waals surface area contributed by atoms with Gasteiger partial charge in [0.1, 0.15) is 11.1 Å². The highest BCUT2D eigenvalue weighted by molar-refractivity contribution is 8.01. The lowest BCUT2D eigenvalue weighted by molar-refractivity contribution is -0.128. The molecule has 2 amide bonds. The Morgan fingerprint density at radius 2 is 1.97 bits per heavy atom. The number of carbonyl (C=O) groups excluding carboxylic acids is 2. The monoisotopic (exact) mass is 452 g/mol. The zero-order chi connectivity index (χ0) is 22.5. The van der Waals surface area contributed by atoms with E-state index in [4.69, 9.17) is 0 Å². The lowest BCUT2D eigenvalue weighted by Crippen LogP contribution is -2.47. The van der Waals surface area contributed by atoms with Gasteiger partial charge in [-0.25, -0.2) is 4.39 Å². The van der Waals surface area contributed by atoms with Gasteiger partial charge in [0.25, 0.3) is 0 Å². The molecule has 0 bridgehead atoms. The van der Waals surface area contributed by atoms with Gasteiger partial charge in [0, 0.05) is 11.4 Å². The second kappa shape index (κ2) is 10.3. The van der Waals surface area contributed by atoms with Crippen LogP contribution in [-0.4, -0.2) is 23.6 Å². The highest BCUT2D eigenvalue weighted by Gasteiger charge is 2.39. The molecular formula is C26H29FN2O2S. The highest BCUT2D eigenvalue weighted by atomic mass is 32.2. The van der Waals surface area contributed by atoms with Gasteiger partial charge in [0.15, 0.2) is 0 Å². The van der Waals surface area contributed by atoms with Crippen molar-refractivity contribution < 1.29 is 14.0 Å². The van der Waals surface area contributed by atoms with E-state index in [1.54, 1.807) is 17.0 Å². The molecule has 2 aliphatic rings. The fourth-order valence-corrected chi connectivity index (χ4v) is 5.55. The van der Waals surface area contributed by atoms with Crippen LogP contribution in [0.4, 0.5) is 10.1 Å². The van der Waals surface area contributed by atoms with Crippen LogP contribution < -0.4 is 10.2 Å². The molecule has 0 aromatic heterocycles. The second-order valence-electron chi connectivity index (χ2n) is 8.49. The summed E-state index contributed by atoms with van der Waals surface area (Å²) in [6, 6.07) is 13.9. The van der Waals surface area contributed by atoms with E-state index in [-0.39, 0.29) is 17.6 Å². The van der Waals surface area contributed by atoms with Crippen LogP contribution in [0, 0.1) is 11.7 Å². The number of para-hydroxylation sites is 1. The number of hydrogen-bond donors (Lipinski definition) is 1. The number of rotatable bonds is 7. The molecule has 4 rings (SSSR count). The fraction of sp³-hybridized carbons (Fsp3) is 0.385. The Balaban J connectivity index is 1.46. The number of halogens is 1. The molecule has 0 fully saturated rings. The van der Waals surface area contributed by atoms with E-state index in [2.05, 4.69) is 11.4 Å². The number of allylic oxidation sites excluding steroid dienone is 1. The van der Waals surface area contributed by atoms with E-state index in [1.807, 2.05) is 31.2 Å². The number of nitrogens with one attached hydrogen (secondary N) is 1. The summed E-state index contributed by atoms with van der Waals surface area (Å²) < 4.78 is 13.3. The minimum Gasteiger partial charge on any atom is -0.356 e. The minimum absolute atomic E-state index is 0.0873. The first-order chi connectivity index (χ1) is 15.5. The maximum atomic E-state index is 13.5. The van der Waals surface area contributed by atoms with Crippen molar-refractivity contribution in [3.63, 3.8) is 0 Å². The number of fused-ring (bicyclic) bond motifs is 1. The molecule has 1 aliphatic carbocycles. The topological polar surface area (TPSA) is 49.4 Å². The molecule has 2 aromatic carbocycles. The molecule has 1 aliphatic heterocycles. The van der Waals surface area contributed by atoms with E-state index in [0.29, 0.717) is 13.1 Å². The van der Waals surface area contributed by atoms with Crippen molar-refractivity contribution in [2.75, 3.05) is 11.4 Å². The van der Waals surface area contributed by atoms with Gasteiger partial charge < -0.3 is 10.2 Å². The summed E-state index contributed by atoms with van der Waals surface area (Å²) >= 11 is 1.46. The number of anilines is 1. The largest absolute Gasteiger partial charge is 0.356 e. The van der Waals surface area contributed by atoms with Crippen LogP contribution in [0.3, 0.4) is 0 Å². The molecule has 2 unspecified atom stereocenters. The molecule has 0 spiro atoms. The Kier molecular flexibility index (Phi) is 7.30. The van der Waals surface area contributed by atoms with E-state index in [9.17, 15) is 14.0 Å². The Bertz CT molecular complexity index is 1010. The number of nitrogens with zero attached hydrogens (tertiary/aromatic N) is 1. The normalized spacial score (nSPS) is 19.2. The van der Waals surface area contributed by atoms with Crippen molar-refractivity contribution in [3.8, 4) is 0 Å². The Morgan fingerprint density at radius 1 is 1.19 bits per heavy atom. The number of hydrogen-bond acceptors (Lipinski definition) is 3. The maximum Gasteiger partial charge on any atom is 0.241 e. The van der Waals surface area contributed by atoms with Crippen LogP contribution in [0.1, 0.15) is 44.6 Å². The Labute approximate surface area is 193 Å². The summed E-state index contributed by atoms with van der Waals surface area (Å²) in [6.45, 7) is 2.78. The smallest absolute Gasteiger partial charge is 0.241 e. The number of benzene rings is 2. The van der Waals surface area contributed by atoms with Gasteiger partial charge in [-0.1, -0.05) is 42.8 Å². The molecule has 2 atom stereocenters. The molecular weight excluding hydrogens is 423 g/mol. The summed E-state index contributed by atoms with van der Waals surface area (Å²) in [7, 11) is 0. The van der Waals surface area contributed by atoms with Crippen molar-refractivity contribution in [3.05, 3.63) is 71.6 Å². The molecule has 1 heterocycles. The number of carbonyl (C=O) groups is 2. The molecule has 32 heavy (non-hydrogen) atoms. The first-order valence-electron chi connectivity index (χ1n) is 11.3. The SMILES string of the molecule is CC(C(=O)NCCC1=CCCCC1)C1Sc2ccccc2N(Cc2ccc(F)cc2)C1=O. The van der Waals surface area contributed by atoms with Crippen LogP contribution in [0.5, 0.6) is 0 Å². The summed E-state index contributed by atoms with van der Waals surface area (Å²) in [5.41, 5.74) is 3.10. The predicted molar refractivity (Wildman–Crippen MR) is 127 cm³/mol. The Morgan fingerprint density at radius 3 is 2.72 bits per heavy atom. The third kappa shape index (κ3) is 5.23. The lowest BCUT2D eigenvalue weighted by atomic mass is 9.97. The third-order valence-corrected chi connectivity index (χ3v) is 7.63. The fourth-order valence-electron chi connectivity index (χ4n) is 4.27. The average Bonchev–Trinajstić information content (AvgIpc) is 2.82. The van der Waals surface area contributed by atoms with E-state index in [0.717, 1.165) is 35.4 Å². The van der Waals surface area contributed by atoms with Crippen LogP contribution in [0.15, 0.2) is 65.1 Å². The van der Waals surface area contributed by atoms with Gasteiger partial charge in [-0.2, -0.15) is 0 Å². The summed E-state index contributed by atoms with van der Waals surface area (Å²) in [5.74, 6) is -0.942. The summed E-state index contributed by atoms with van der Waals surface area (Å²) in [5, 5.41) is 2.54. The van der Waals surface area contributed by atoms with Crippen molar-refractivity contribution in [1.29, 1.82) is 0 Å². The zero-order valence-corrected chi connectivity index (χ0v) is 19.2. The predicted octanol–water partition coefficient (Wildman–Crippen LogP) is 5.48. The zero-order valence-electron chi connectivity index (χ0n) is 18.4. The lowest BCUT2D eigenvalue weighted by Gasteiger charge is -2.35. The van der Waals surface area contributed by atoms with Crippen LogP contribution in [0.25, 0.3) is 0 Å². The molecule has 0 saturated carbocycles. The third-order valence-electron chi connectivity index (χ3n) is 6.17. The first kappa shape index (κ1) is 22.6. The molecule has 6 heteroatoms. The quantitative estimate of drug-likeness (QED) is 0.566. The first-order valence-corrected chi connectivity index (χ1v) is 12.2. The van der Waals surface area contributed by atoms with Crippen LogP contribution >= 0.6 is 11.8 Å². The minimum atomic E-state index is -0.501. The number of amides is 2. The van der Waals surface area contributed by atoms with E-state index < -0.39 is 11.2 Å². The van der Waals surface area contributed by atoms with Crippen molar-refractivity contribution in [1.82, 2.24) is 5.32 Å². The van der Waals surface area contributed by atoms with Crippen LogP contribution in [-0.2, 0) is 16.1 Å². The van der Waals surface area contributed by atoms with Gasteiger partial charge in [-0.15, -0.1) is 11.8 Å². The van der Waals surface area contributed by atoms with Crippen molar-refractivity contribution in [2.24, 2.45) is 5.92 Å². The van der Waals surface area contributed by atoms with E-state index in [1.165, 1.54) is 42.3 Å².